The molecule has 154 valence electrons. The molecule has 0 aromatic heterocycles. The van der Waals surface area contributed by atoms with Gasteiger partial charge in [-0.2, -0.15) is 5.10 Å². The first-order chi connectivity index (χ1) is 14.0. The Morgan fingerprint density at radius 2 is 1.93 bits per heavy atom. The molecule has 2 aromatic rings. The first-order valence-electron chi connectivity index (χ1n) is 9.12. The highest BCUT2D eigenvalue weighted by molar-refractivity contribution is 9.10. The quantitative estimate of drug-likeness (QED) is 0.409. The third-order valence-corrected chi connectivity index (χ3v) is 8.10. The summed E-state index contributed by atoms with van der Waals surface area (Å²) in [6.45, 7) is 2.55. The Kier molecular flexibility index (Phi) is 7.91. The van der Waals surface area contributed by atoms with Gasteiger partial charge in [0.15, 0.2) is 11.5 Å². The largest absolute Gasteiger partial charge is 0.493 e. The van der Waals surface area contributed by atoms with Gasteiger partial charge < -0.3 is 9.47 Å². The van der Waals surface area contributed by atoms with Crippen molar-refractivity contribution in [2.24, 2.45) is 5.10 Å². The number of benzene rings is 2. The molecule has 29 heavy (non-hydrogen) atoms. The number of methoxy groups -OCH3 is 1. The molecule has 1 heterocycles. The number of amides is 1. The molecule has 5 nitrogen and oxygen atoms in total. The van der Waals surface area contributed by atoms with E-state index in [1.807, 2.05) is 66.0 Å². The van der Waals surface area contributed by atoms with Gasteiger partial charge in [0.25, 0.3) is 0 Å². The number of rotatable bonds is 8. The average molecular weight is 495 g/mol. The smallest absolute Gasteiger partial charge is 0.242 e. The van der Waals surface area contributed by atoms with Gasteiger partial charge in [0.05, 0.1) is 23.8 Å². The molecule has 1 fully saturated rings. The fourth-order valence-corrected chi connectivity index (χ4v) is 5.89. The fraction of sp³-hybridized carbons (Fsp3) is 0.333. The predicted molar refractivity (Wildman–Crippen MR) is 125 cm³/mol. The van der Waals surface area contributed by atoms with Gasteiger partial charge >= 0.3 is 0 Å². The summed E-state index contributed by atoms with van der Waals surface area (Å²) in [5.74, 6) is 3.37. The van der Waals surface area contributed by atoms with E-state index in [1.165, 1.54) is 0 Å². The molecule has 1 aliphatic heterocycles. The Balaban J connectivity index is 1.55. The van der Waals surface area contributed by atoms with Crippen LogP contribution in [-0.4, -0.2) is 34.8 Å². The third kappa shape index (κ3) is 6.69. The van der Waals surface area contributed by atoms with Gasteiger partial charge in [-0.1, -0.05) is 28.1 Å². The van der Waals surface area contributed by atoms with E-state index in [0.717, 1.165) is 27.1 Å². The number of thioether (sulfide) groups is 2. The fourth-order valence-electron chi connectivity index (χ4n) is 2.79. The molecule has 0 radical (unpaired) electrons. The van der Waals surface area contributed by atoms with Crippen molar-refractivity contribution >= 4 is 51.6 Å². The summed E-state index contributed by atoms with van der Waals surface area (Å²) in [7, 11) is 1.60. The molecule has 3 rings (SSSR count). The summed E-state index contributed by atoms with van der Waals surface area (Å²) < 4.78 is 12.3. The van der Waals surface area contributed by atoms with Crippen LogP contribution in [0.15, 0.2) is 52.0 Å². The molecule has 1 saturated heterocycles. The Bertz CT molecular complexity index is 869. The van der Waals surface area contributed by atoms with E-state index in [2.05, 4.69) is 33.4 Å². The second-order valence-corrected chi connectivity index (χ2v) is 11.0. The maximum Gasteiger partial charge on any atom is 0.242 e. The number of ether oxygens (including phenoxy) is 2. The molecule has 8 heteroatoms. The molecule has 2 aromatic carbocycles. The van der Waals surface area contributed by atoms with E-state index in [0.29, 0.717) is 24.5 Å². The zero-order valence-electron chi connectivity index (χ0n) is 16.3. The average Bonchev–Trinajstić information content (AvgIpc) is 3.13. The van der Waals surface area contributed by atoms with Crippen molar-refractivity contribution in [3.8, 4) is 11.5 Å². The number of nitrogens with zero attached hydrogens (tertiary/aromatic N) is 1. The van der Waals surface area contributed by atoms with Crippen LogP contribution in [0.3, 0.4) is 0 Å². The lowest BCUT2D eigenvalue weighted by molar-refractivity contribution is -0.121. The number of carbonyl (C=O) groups is 1. The van der Waals surface area contributed by atoms with Crippen molar-refractivity contribution < 1.29 is 14.3 Å². The summed E-state index contributed by atoms with van der Waals surface area (Å²) in [5, 5.41) is 4.08. The monoisotopic (exact) mass is 494 g/mol. The molecule has 0 bridgehead atoms. The maximum absolute atomic E-state index is 12.1. The van der Waals surface area contributed by atoms with Crippen LogP contribution < -0.4 is 14.9 Å². The van der Waals surface area contributed by atoms with Crippen LogP contribution in [0, 0.1) is 0 Å². The van der Waals surface area contributed by atoms with Crippen molar-refractivity contribution in [1.29, 1.82) is 0 Å². The second-order valence-electron chi connectivity index (χ2n) is 6.63. The lowest BCUT2D eigenvalue weighted by Gasteiger charge is -2.19. The van der Waals surface area contributed by atoms with Crippen molar-refractivity contribution in [1.82, 2.24) is 5.43 Å². The topological polar surface area (TPSA) is 59.9 Å². The van der Waals surface area contributed by atoms with E-state index in [9.17, 15) is 4.79 Å². The molecule has 0 aliphatic carbocycles. The first-order valence-corrected chi connectivity index (χ1v) is 11.9. The molecule has 0 unspecified atom stereocenters. The summed E-state index contributed by atoms with van der Waals surface area (Å²) in [5.41, 5.74) is 4.49. The van der Waals surface area contributed by atoms with Crippen LogP contribution in [0.2, 0.25) is 0 Å². The van der Waals surface area contributed by atoms with E-state index in [-0.39, 0.29) is 9.99 Å². The lowest BCUT2D eigenvalue weighted by Crippen LogP contribution is -2.26. The van der Waals surface area contributed by atoms with Crippen LogP contribution in [0.5, 0.6) is 11.5 Å². The van der Waals surface area contributed by atoms with Gasteiger partial charge in [-0.3, -0.25) is 4.79 Å². The van der Waals surface area contributed by atoms with E-state index >= 15 is 0 Å². The Morgan fingerprint density at radius 1 is 1.21 bits per heavy atom. The minimum absolute atomic E-state index is 0.0450. The van der Waals surface area contributed by atoms with Gasteiger partial charge in [-0.25, -0.2) is 5.43 Å². The standard InChI is InChI=1S/C21H23BrN2O3S2/c1-21(28-9-10-29-21)12-20(25)24-23-13-16-5-8-18(19(11-16)26-2)27-14-15-3-6-17(22)7-4-15/h3-8,11,13H,9-10,12,14H2,1-2H3,(H,24,25)/b23-13-. The summed E-state index contributed by atoms with van der Waals surface area (Å²) in [6.07, 6.45) is 2.06. The predicted octanol–water partition coefficient (Wildman–Crippen LogP) is 5.07. The number of hydrogen-bond acceptors (Lipinski definition) is 6. The van der Waals surface area contributed by atoms with Crippen molar-refractivity contribution in [2.45, 2.75) is 24.0 Å². The van der Waals surface area contributed by atoms with E-state index in [4.69, 9.17) is 9.47 Å². The van der Waals surface area contributed by atoms with Crippen LogP contribution in [0.4, 0.5) is 0 Å². The Morgan fingerprint density at radius 3 is 2.62 bits per heavy atom. The van der Waals surface area contributed by atoms with Crippen LogP contribution >= 0.6 is 39.5 Å². The molecule has 0 spiro atoms. The molecule has 0 atom stereocenters. The van der Waals surface area contributed by atoms with Gasteiger partial charge in [0.2, 0.25) is 5.91 Å². The van der Waals surface area contributed by atoms with Crippen molar-refractivity contribution in [3.05, 3.63) is 58.1 Å². The van der Waals surface area contributed by atoms with Crippen LogP contribution in [0.25, 0.3) is 0 Å². The maximum atomic E-state index is 12.1. The highest BCUT2D eigenvalue weighted by atomic mass is 79.9. The second kappa shape index (κ2) is 10.4. The van der Waals surface area contributed by atoms with Gasteiger partial charge in [-0.15, -0.1) is 23.5 Å². The summed E-state index contributed by atoms with van der Waals surface area (Å²) in [4.78, 5) is 12.1. The lowest BCUT2D eigenvalue weighted by atomic mass is 10.2. The first kappa shape index (κ1) is 22.1. The number of hydrogen-bond donors (Lipinski definition) is 1. The van der Waals surface area contributed by atoms with Crippen LogP contribution in [0.1, 0.15) is 24.5 Å². The number of nitrogens with one attached hydrogen (secondary N) is 1. The van der Waals surface area contributed by atoms with Gasteiger partial charge in [0, 0.05) is 16.0 Å². The molecular weight excluding hydrogens is 472 g/mol. The zero-order valence-corrected chi connectivity index (χ0v) is 19.5. The molecule has 0 saturated carbocycles. The molecule has 1 amide bonds. The molecular formula is C21H23BrN2O3S2. The minimum atomic E-state index is -0.0768. The SMILES string of the molecule is COc1cc(/C=N\NC(=O)CC2(C)SCCS2)ccc1OCc1ccc(Br)cc1. The number of hydrazone groups is 1. The highest BCUT2D eigenvalue weighted by Crippen LogP contribution is 2.45. The van der Waals surface area contributed by atoms with E-state index < -0.39 is 0 Å². The Hall–Kier alpha value is -1.64. The number of carbonyl (C=O) groups excluding carboxylic acids is 1. The van der Waals surface area contributed by atoms with Crippen molar-refractivity contribution in [2.75, 3.05) is 18.6 Å². The molecule has 1 aliphatic rings. The van der Waals surface area contributed by atoms with Crippen molar-refractivity contribution in [3.63, 3.8) is 0 Å². The van der Waals surface area contributed by atoms with Gasteiger partial charge in [0.1, 0.15) is 6.61 Å². The molecule has 1 N–H and O–H groups in total. The number of halogens is 1. The van der Waals surface area contributed by atoms with E-state index in [1.54, 1.807) is 13.3 Å². The zero-order chi connectivity index (χ0) is 20.7. The van der Waals surface area contributed by atoms with Gasteiger partial charge in [-0.05, 0) is 48.4 Å². The van der Waals surface area contributed by atoms with Crippen LogP contribution in [-0.2, 0) is 11.4 Å². The summed E-state index contributed by atoms with van der Waals surface area (Å²) in [6, 6.07) is 13.5. The normalized spacial score (nSPS) is 15.4. The minimum Gasteiger partial charge on any atom is -0.493 e. The third-order valence-electron chi connectivity index (χ3n) is 4.28. The Labute approximate surface area is 188 Å². The summed E-state index contributed by atoms with van der Waals surface area (Å²) >= 11 is 7.09. The highest BCUT2D eigenvalue weighted by Gasteiger charge is 2.32.